The smallest absolute Gasteiger partial charge is 0.370 e. The van der Waals surface area contributed by atoms with Crippen molar-refractivity contribution in [2.24, 2.45) is 51.8 Å². The number of H-pyrrole nitrogens is 1. The molecule has 32 nitrogen and oxygen atoms in total. The molecule has 1 aromatic heterocycles. The minimum absolute atomic E-state index is 0.0136. The predicted molar refractivity (Wildman–Crippen MR) is 323 cm³/mol. The zero-order chi connectivity index (χ0) is 66.5. The molecule has 1 saturated heterocycles. The van der Waals surface area contributed by atoms with Crippen LogP contribution in [0.5, 0.6) is 0 Å². The summed E-state index contributed by atoms with van der Waals surface area (Å²) in [5.74, 6) is -11.6. The normalized spacial score (nSPS) is 16.4. The van der Waals surface area contributed by atoms with Crippen molar-refractivity contribution in [3.63, 3.8) is 0 Å². The molecule has 0 radical (unpaired) electrons. The van der Waals surface area contributed by atoms with Gasteiger partial charge in [0.1, 0.15) is 48.0 Å². The van der Waals surface area contributed by atoms with Gasteiger partial charge in [0, 0.05) is 37.9 Å². The third-order valence-corrected chi connectivity index (χ3v) is 14.3. The van der Waals surface area contributed by atoms with Crippen LogP contribution in [0.4, 0.5) is 13.2 Å². The molecule has 28 N–H and O–H groups in total. The van der Waals surface area contributed by atoms with E-state index in [-0.39, 0.29) is 101 Å². The number of unbranched alkanes of at least 4 members (excludes halogenated alkanes) is 4. The van der Waals surface area contributed by atoms with Gasteiger partial charge in [-0.15, -0.1) is 0 Å². The first-order valence-corrected chi connectivity index (χ1v) is 30.1. The van der Waals surface area contributed by atoms with E-state index < -0.39 is 139 Å². The molecule has 0 aliphatic carbocycles. The lowest BCUT2D eigenvalue weighted by molar-refractivity contribution is -0.171. The van der Waals surface area contributed by atoms with Crippen LogP contribution < -0.4 is 99.0 Å². The van der Waals surface area contributed by atoms with Crippen LogP contribution in [0.15, 0.2) is 24.3 Å². The number of nitrogens with one attached hydrogen (secondary N) is 12. The Balaban J connectivity index is 2.44. The van der Waals surface area contributed by atoms with Crippen molar-refractivity contribution < 1.29 is 61.1 Å². The second-order valence-corrected chi connectivity index (χ2v) is 21.5. The molecule has 0 saturated carbocycles. The second kappa shape index (κ2) is 42.4. The van der Waals surface area contributed by atoms with Gasteiger partial charge in [-0.2, -0.15) is 13.2 Å². The second-order valence-electron chi connectivity index (χ2n) is 21.5. The predicted octanol–water partition coefficient (Wildman–Crippen LogP) is -5.69. The lowest BCUT2D eigenvalue weighted by Crippen LogP contribution is -2.59. The van der Waals surface area contributed by atoms with Crippen LogP contribution in [-0.2, 0) is 54.4 Å². The highest BCUT2D eigenvalue weighted by Gasteiger charge is 2.52. The van der Waals surface area contributed by atoms with Crippen molar-refractivity contribution in [2.45, 2.75) is 171 Å². The van der Waals surface area contributed by atoms with Crippen LogP contribution in [0.25, 0.3) is 0 Å². The number of alkyl halides is 3. The number of hydrogen-bond acceptors (Lipinski definition) is 19. The number of carbonyl (C=O) groups is 10. The molecule has 4 unspecified atom stereocenters. The lowest BCUT2D eigenvalue weighted by Gasteiger charge is -2.30. The van der Waals surface area contributed by atoms with Crippen molar-refractivity contribution in [3.8, 4) is 0 Å². The number of halogens is 3. The van der Waals surface area contributed by atoms with Crippen LogP contribution in [0, 0.1) is 11.3 Å². The SMILES string of the molecule is CC(NC(=O)[C@H](CCN)NC(=O)C(N)CCCCN)C(=O)NCC(=O)N[C@H](CCCN)C(=O)N1C[C@@H](C(F)(F)F)CC1C(=O)NC(Cc1cnc[nH]1)C(=O)N[C@@H](CCCCN)C(=O)N/C(=C\CCNC(=N)N)C(=O)N[C@@H](CCCCN)C(=O)NCCCCN. The minimum Gasteiger partial charge on any atom is -0.370 e. The van der Waals surface area contributed by atoms with E-state index in [1.54, 1.807) is 0 Å². The third kappa shape index (κ3) is 29.5. The number of nitrogens with two attached hydrogens (primary N) is 8. The highest BCUT2D eigenvalue weighted by Crippen LogP contribution is 2.37. The zero-order valence-corrected chi connectivity index (χ0v) is 50.7. The standard InChI is InChI=1S/C54H97F3N22O10/c1-32(72-47(84)39(17-23-63)74-45(82)35(64)12-2-5-18-58)44(81)70-29-43(80)73-40(15-10-22-62)52(89)79-30-33(54(55,56)57)26-42(79)51(88)78-41(27-34-28-67-31-71-34)50(87)77-37(14-4-7-20-60)48(85)76-38(16-11-25-69-53(65)66)49(86)75-36(13-3-6-19-59)46(83)68-24-9-8-21-61/h16,28,31-33,35-37,39-42H,2-15,17-27,29-30,58-64H2,1H3,(H,67,71)(H,68,83)(H,70,81)(H,72,84)(H,73,80)(H,74,82)(H,75,86)(H,76,85)(H,77,87)(H,78,88)(H4,65,66,69)/b38-16-/t32?,33-,35?,36-,37-,39-,40+,41?,42?/m0/s1. The highest BCUT2D eigenvalue weighted by atomic mass is 19.4. The van der Waals surface area contributed by atoms with E-state index in [1.165, 1.54) is 25.5 Å². The quantitative estimate of drug-likeness (QED) is 0.0125. The number of imidazole rings is 1. The Labute approximate surface area is 516 Å². The van der Waals surface area contributed by atoms with Gasteiger partial charge in [0.15, 0.2) is 5.96 Å². The zero-order valence-electron chi connectivity index (χ0n) is 50.7. The number of aromatic nitrogens is 2. The summed E-state index contributed by atoms with van der Waals surface area (Å²) in [5.41, 5.74) is 45.3. The average molecular weight is 1270 g/mol. The van der Waals surface area contributed by atoms with E-state index >= 15 is 0 Å². The highest BCUT2D eigenvalue weighted by molar-refractivity contribution is 6.02. The van der Waals surface area contributed by atoms with E-state index in [2.05, 4.69) is 63.1 Å². The van der Waals surface area contributed by atoms with E-state index in [9.17, 15) is 61.1 Å². The Kier molecular flexibility index (Phi) is 36.9. The molecule has 35 heteroatoms. The van der Waals surface area contributed by atoms with Gasteiger partial charge in [-0.05, 0) is 143 Å². The molecule has 0 spiro atoms. The maximum atomic E-state index is 14.6. The van der Waals surface area contributed by atoms with Gasteiger partial charge in [-0.25, -0.2) is 4.98 Å². The first-order chi connectivity index (χ1) is 42.3. The number of carbonyl (C=O) groups excluding carboxylic acids is 10. The van der Waals surface area contributed by atoms with Crippen LogP contribution in [0.2, 0.25) is 0 Å². The molecule has 0 aromatic carbocycles. The molecule has 2 rings (SSSR count). The largest absolute Gasteiger partial charge is 0.393 e. The number of hydrogen-bond donors (Lipinski definition) is 20. The van der Waals surface area contributed by atoms with Gasteiger partial charge in [0.05, 0.1) is 24.8 Å². The average Bonchev–Trinajstić information content (AvgIpc) is 1.94. The summed E-state index contributed by atoms with van der Waals surface area (Å²) in [6.07, 6.45) is 1.76. The molecule has 504 valence electrons. The van der Waals surface area contributed by atoms with Crippen molar-refractivity contribution in [1.29, 1.82) is 5.41 Å². The molecule has 1 aromatic rings. The maximum absolute atomic E-state index is 14.6. The van der Waals surface area contributed by atoms with Gasteiger partial charge < -0.3 is 109 Å². The molecular weight excluding hydrogens is 1170 g/mol. The molecule has 9 atom stereocenters. The fourth-order valence-electron chi connectivity index (χ4n) is 9.22. The summed E-state index contributed by atoms with van der Waals surface area (Å²) < 4.78 is 43.9. The Bertz CT molecular complexity index is 2440. The van der Waals surface area contributed by atoms with Gasteiger partial charge in [-0.1, -0.05) is 12.5 Å². The van der Waals surface area contributed by atoms with Crippen molar-refractivity contribution in [2.75, 3.05) is 65.4 Å². The van der Waals surface area contributed by atoms with E-state index in [0.29, 0.717) is 75.9 Å². The third-order valence-electron chi connectivity index (χ3n) is 14.3. The lowest BCUT2D eigenvalue weighted by atomic mass is 10.0. The molecule has 1 aliphatic heterocycles. The van der Waals surface area contributed by atoms with Gasteiger partial charge in [0.2, 0.25) is 53.2 Å². The Morgan fingerprint density at radius 1 is 0.640 bits per heavy atom. The van der Waals surface area contributed by atoms with Crippen molar-refractivity contribution in [3.05, 3.63) is 30.0 Å². The fourth-order valence-corrected chi connectivity index (χ4v) is 9.22. The first kappa shape index (κ1) is 77.5. The van der Waals surface area contributed by atoms with Crippen LogP contribution >= 0.6 is 0 Å². The number of aromatic amines is 1. The fraction of sp³-hybridized carbons (Fsp3) is 0.704. The van der Waals surface area contributed by atoms with Crippen molar-refractivity contribution in [1.82, 2.24) is 68.0 Å². The molecule has 10 amide bonds. The molecule has 0 bridgehead atoms. The summed E-state index contributed by atoms with van der Waals surface area (Å²) >= 11 is 0. The first-order valence-electron chi connectivity index (χ1n) is 30.1. The number of amides is 10. The summed E-state index contributed by atoms with van der Waals surface area (Å²) in [4.78, 5) is 145. The summed E-state index contributed by atoms with van der Waals surface area (Å²) in [5, 5.41) is 32.8. The minimum atomic E-state index is -4.94. The Morgan fingerprint density at radius 3 is 1.80 bits per heavy atom. The van der Waals surface area contributed by atoms with Crippen LogP contribution in [-0.4, -0.2) is 200 Å². The Morgan fingerprint density at radius 2 is 1.21 bits per heavy atom. The molecule has 89 heavy (non-hydrogen) atoms. The summed E-state index contributed by atoms with van der Waals surface area (Å²) in [7, 11) is 0. The maximum Gasteiger partial charge on any atom is 0.393 e. The van der Waals surface area contributed by atoms with Crippen LogP contribution in [0.1, 0.15) is 115 Å². The monoisotopic (exact) mass is 1270 g/mol. The molecule has 1 fully saturated rings. The molecule has 1 aliphatic rings. The van der Waals surface area contributed by atoms with Gasteiger partial charge in [0.25, 0.3) is 5.91 Å². The molecule has 2 heterocycles. The molecular formula is C54H97F3N22O10. The number of guanidine groups is 1. The number of nitrogens with zero attached hydrogens (tertiary/aromatic N) is 2. The summed E-state index contributed by atoms with van der Waals surface area (Å²) in [6.45, 7) is 0.975. The van der Waals surface area contributed by atoms with Crippen molar-refractivity contribution >= 4 is 65.0 Å². The van der Waals surface area contributed by atoms with Crippen LogP contribution in [0.3, 0.4) is 0 Å². The topological polar surface area (TPSA) is 555 Å². The Hall–Kier alpha value is -7.57. The van der Waals surface area contributed by atoms with E-state index in [4.69, 9.17) is 51.3 Å². The number of likely N-dealkylation sites (tertiary alicyclic amines) is 1. The summed E-state index contributed by atoms with van der Waals surface area (Å²) in [6, 6.07) is -11.1. The van der Waals surface area contributed by atoms with E-state index in [1.807, 2.05) is 0 Å². The van der Waals surface area contributed by atoms with Gasteiger partial charge in [-0.3, -0.25) is 53.4 Å². The number of rotatable bonds is 44. The van der Waals surface area contributed by atoms with E-state index in [0.717, 1.165) is 0 Å². The van der Waals surface area contributed by atoms with Gasteiger partial charge >= 0.3 is 6.18 Å².